The first-order valence-corrected chi connectivity index (χ1v) is 6.05. The van der Waals surface area contributed by atoms with E-state index >= 15 is 0 Å². The highest BCUT2D eigenvalue weighted by molar-refractivity contribution is 9.10. The van der Waals surface area contributed by atoms with E-state index in [1.807, 2.05) is 13.8 Å². The molecule has 0 spiro atoms. The minimum Gasteiger partial charge on any atom is -0.456 e. The molecule has 0 bridgehead atoms. The quantitative estimate of drug-likeness (QED) is 0.850. The van der Waals surface area contributed by atoms with Gasteiger partial charge in [-0.3, -0.25) is 0 Å². The molecule has 5 heteroatoms. The Morgan fingerprint density at radius 1 is 1.41 bits per heavy atom. The van der Waals surface area contributed by atoms with Gasteiger partial charge in [0.05, 0.1) is 6.54 Å². The molecular formula is C12H12BrF2NO. The maximum atomic E-state index is 13.6. The highest BCUT2D eigenvalue weighted by atomic mass is 79.9. The number of nitrogens with two attached hydrogens (primary N) is 1. The number of rotatable bonds is 2. The molecule has 2 aromatic rings. The molecule has 0 saturated carbocycles. The van der Waals surface area contributed by atoms with Crippen LogP contribution in [-0.2, 0) is 6.54 Å². The molecule has 0 aliphatic heterocycles. The van der Waals surface area contributed by atoms with Crippen molar-refractivity contribution in [3.8, 4) is 0 Å². The van der Waals surface area contributed by atoms with Crippen molar-refractivity contribution in [2.75, 3.05) is 0 Å². The van der Waals surface area contributed by atoms with Crippen LogP contribution in [0.1, 0.15) is 31.1 Å². The predicted octanol–water partition coefficient (Wildman–Crippen LogP) is 4.06. The van der Waals surface area contributed by atoms with Crippen LogP contribution in [0.3, 0.4) is 0 Å². The lowest BCUT2D eigenvalue weighted by molar-refractivity contribution is 0.477. The van der Waals surface area contributed by atoms with E-state index in [9.17, 15) is 8.78 Å². The second-order valence-corrected chi connectivity index (χ2v) is 5.01. The lowest BCUT2D eigenvalue weighted by Crippen LogP contribution is -1.99. The Bertz CT molecular complexity index is 578. The summed E-state index contributed by atoms with van der Waals surface area (Å²) in [7, 11) is 0. The van der Waals surface area contributed by atoms with Crippen LogP contribution in [0.5, 0.6) is 0 Å². The first kappa shape index (κ1) is 12.5. The number of furan rings is 1. The normalized spacial score (nSPS) is 11.7. The third kappa shape index (κ3) is 1.87. The van der Waals surface area contributed by atoms with Crippen LogP contribution in [0, 0.1) is 11.6 Å². The van der Waals surface area contributed by atoms with Gasteiger partial charge in [-0.25, -0.2) is 4.39 Å². The summed E-state index contributed by atoms with van der Waals surface area (Å²) in [6.07, 6.45) is 0. The molecule has 0 saturated heterocycles. The second kappa shape index (κ2) is 4.38. The molecule has 1 aromatic carbocycles. The van der Waals surface area contributed by atoms with Crippen molar-refractivity contribution in [1.29, 1.82) is 0 Å². The Morgan fingerprint density at radius 3 is 2.59 bits per heavy atom. The van der Waals surface area contributed by atoms with E-state index in [2.05, 4.69) is 15.9 Å². The maximum absolute atomic E-state index is 13.6. The average molecular weight is 304 g/mol. The van der Waals surface area contributed by atoms with Crippen molar-refractivity contribution < 1.29 is 13.2 Å². The molecule has 0 unspecified atom stereocenters. The lowest BCUT2D eigenvalue weighted by atomic mass is 9.99. The predicted molar refractivity (Wildman–Crippen MR) is 65.8 cm³/mol. The highest BCUT2D eigenvalue weighted by Gasteiger charge is 2.23. The molecule has 92 valence electrons. The summed E-state index contributed by atoms with van der Waals surface area (Å²) in [5, 5.41) is 0.569. The molecule has 17 heavy (non-hydrogen) atoms. The van der Waals surface area contributed by atoms with Crippen LogP contribution < -0.4 is 5.73 Å². The first-order chi connectivity index (χ1) is 7.97. The molecule has 0 radical (unpaired) electrons. The molecule has 2 N–H and O–H groups in total. The van der Waals surface area contributed by atoms with E-state index in [-0.39, 0.29) is 18.0 Å². The van der Waals surface area contributed by atoms with Crippen molar-refractivity contribution in [1.82, 2.24) is 0 Å². The SMILES string of the molecule is CC(C)c1c(CN)oc2c(F)c(F)cc(Br)c12. The largest absolute Gasteiger partial charge is 0.456 e. The van der Waals surface area contributed by atoms with E-state index in [1.165, 1.54) is 0 Å². The Morgan fingerprint density at radius 2 is 2.06 bits per heavy atom. The minimum absolute atomic E-state index is 0.0685. The summed E-state index contributed by atoms with van der Waals surface area (Å²) < 4.78 is 32.7. The fourth-order valence-electron chi connectivity index (χ4n) is 2.00. The fraction of sp³-hybridized carbons (Fsp3) is 0.333. The monoisotopic (exact) mass is 303 g/mol. The van der Waals surface area contributed by atoms with Gasteiger partial charge in [-0.05, 0) is 27.9 Å². The van der Waals surface area contributed by atoms with Crippen molar-refractivity contribution in [3.63, 3.8) is 0 Å². The molecule has 0 aliphatic rings. The van der Waals surface area contributed by atoms with Gasteiger partial charge >= 0.3 is 0 Å². The summed E-state index contributed by atoms with van der Waals surface area (Å²) in [5.41, 5.74) is 6.32. The van der Waals surface area contributed by atoms with Gasteiger partial charge in [0.1, 0.15) is 5.76 Å². The summed E-state index contributed by atoms with van der Waals surface area (Å²) in [5.74, 6) is -1.28. The Balaban J connectivity index is 2.93. The number of hydrogen-bond acceptors (Lipinski definition) is 2. The molecular weight excluding hydrogens is 292 g/mol. The number of halogens is 3. The zero-order valence-electron chi connectivity index (χ0n) is 9.48. The second-order valence-electron chi connectivity index (χ2n) is 4.16. The van der Waals surface area contributed by atoms with Crippen molar-refractivity contribution in [3.05, 3.63) is 33.5 Å². The van der Waals surface area contributed by atoms with Crippen molar-refractivity contribution >= 4 is 26.9 Å². The van der Waals surface area contributed by atoms with Gasteiger partial charge in [0.2, 0.25) is 5.82 Å². The smallest absolute Gasteiger partial charge is 0.201 e. The van der Waals surface area contributed by atoms with Crippen LogP contribution in [0.25, 0.3) is 11.0 Å². The highest BCUT2D eigenvalue weighted by Crippen LogP contribution is 2.38. The van der Waals surface area contributed by atoms with Crippen molar-refractivity contribution in [2.24, 2.45) is 5.73 Å². The van der Waals surface area contributed by atoms with Gasteiger partial charge in [0.25, 0.3) is 0 Å². The Labute approximate surface area is 106 Å². The lowest BCUT2D eigenvalue weighted by Gasteiger charge is -2.05. The van der Waals surface area contributed by atoms with E-state index < -0.39 is 11.6 Å². The van der Waals surface area contributed by atoms with E-state index in [4.69, 9.17) is 10.2 Å². The Hall–Kier alpha value is -0.940. The zero-order valence-corrected chi connectivity index (χ0v) is 11.1. The maximum Gasteiger partial charge on any atom is 0.201 e. The van der Waals surface area contributed by atoms with E-state index in [1.54, 1.807) is 0 Å². The molecule has 0 atom stereocenters. The molecule has 0 amide bonds. The third-order valence-corrected chi connectivity index (χ3v) is 3.31. The van der Waals surface area contributed by atoms with Crippen LogP contribution in [-0.4, -0.2) is 0 Å². The van der Waals surface area contributed by atoms with E-state index in [0.29, 0.717) is 15.6 Å². The summed E-state index contributed by atoms with van der Waals surface area (Å²) in [6.45, 7) is 4.07. The van der Waals surface area contributed by atoms with Gasteiger partial charge in [-0.2, -0.15) is 4.39 Å². The number of benzene rings is 1. The van der Waals surface area contributed by atoms with Crippen LogP contribution in [0.15, 0.2) is 15.0 Å². The van der Waals surface area contributed by atoms with Gasteiger partial charge in [-0.1, -0.05) is 13.8 Å². The van der Waals surface area contributed by atoms with Gasteiger partial charge < -0.3 is 10.2 Å². The molecule has 0 aliphatic carbocycles. The van der Waals surface area contributed by atoms with Gasteiger partial charge in [0, 0.05) is 15.4 Å². The molecule has 1 aromatic heterocycles. The van der Waals surface area contributed by atoms with Crippen LogP contribution in [0.2, 0.25) is 0 Å². The zero-order chi connectivity index (χ0) is 12.7. The minimum atomic E-state index is -0.968. The summed E-state index contributed by atoms with van der Waals surface area (Å²) in [4.78, 5) is 0. The third-order valence-electron chi connectivity index (χ3n) is 2.69. The standard InChI is InChI=1S/C12H12BrF2NO/c1-5(2)9-8(4-16)17-12-10(9)6(13)3-7(14)11(12)15/h3,5H,4,16H2,1-2H3. The van der Waals surface area contributed by atoms with Gasteiger partial charge in [-0.15, -0.1) is 0 Å². The molecule has 2 nitrogen and oxygen atoms in total. The average Bonchev–Trinajstić information content (AvgIpc) is 2.65. The van der Waals surface area contributed by atoms with Crippen LogP contribution in [0.4, 0.5) is 8.78 Å². The van der Waals surface area contributed by atoms with Crippen LogP contribution >= 0.6 is 15.9 Å². The molecule has 0 fully saturated rings. The van der Waals surface area contributed by atoms with E-state index in [0.717, 1.165) is 11.6 Å². The first-order valence-electron chi connectivity index (χ1n) is 5.26. The fourth-order valence-corrected chi connectivity index (χ4v) is 2.59. The van der Waals surface area contributed by atoms with Crippen molar-refractivity contribution in [2.45, 2.75) is 26.3 Å². The number of fused-ring (bicyclic) bond motifs is 1. The topological polar surface area (TPSA) is 39.2 Å². The summed E-state index contributed by atoms with van der Waals surface area (Å²) >= 11 is 3.24. The number of hydrogen-bond donors (Lipinski definition) is 1. The van der Waals surface area contributed by atoms with Gasteiger partial charge in [0.15, 0.2) is 11.4 Å². The molecule has 1 heterocycles. The summed E-state index contributed by atoms with van der Waals surface area (Å²) in [6, 6.07) is 1.11. The Kier molecular flexibility index (Phi) is 3.23. The molecule has 2 rings (SSSR count).